The van der Waals surface area contributed by atoms with Crippen LogP contribution in [-0.2, 0) is 4.79 Å². The lowest BCUT2D eigenvalue weighted by Gasteiger charge is -2.11. The van der Waals surface area contributed by atoms with Gasteiger partial charge in [0.05, 0.1) is 7.11 Å². The van der Waals surface area contributed by atoms with Gasteiger partial charge in [-0.1, -0.05) is 12.1 Å². The first-order valence-electron chi connectivity index (χ1n) is 6.31. The molecule has 104 valence electrons. The molecule has 0 saturated heterocycles. The molecule has 1 atom stereocenters. The van der Waals surface area contributed by atoms with Gasteiger partial charge < -0.3 is 15.2 Å². The third-order valence-corrected chi connectivity index (χ3v) is 2.82. The summed E-state index contributed by atoms with van der Waals surface area (Å²) in [5.74, 6) is 0.612. The number of allylic oxidation sites excluding steroid dienone is 1. The van der Waals surface area contributed by atoms with Gasteiger partial charge in [0.1, 0.15) is 5.75 Å². The summed E-state index contributed by atoms with van der Waals surface area (Å²) < 4.78 is 5.15. The zero-order valence-corrected chi connectivity index (χ0v) is 11.6. The number of benzene rings is 1. The van der Waals surface area contributed by atoms with Gasteiger partial charge in [-0.15, -0.1) is 0 Å². The molecular formula is C15H21NO3. The number of amides is 1. The van der Waals surface area contributed by atoms with E-state index < -0.39 is 0 Å². The van der Waals surface area contributed by atoms with E-state index in [4.69, 9.17) is 9.84 Å². The number of hydrogen-bond acceptors (Lipinski definition) is 3. The predicted octanol–water partition coefficient (Wildman–Crippen LogP) is 1.99. The van der Waals surface area contributed by atoms with Gasteiger partial charge in [0.15, 0.2) is 0 Å². The van der Waals surface area contributed by atoms with Crippen LogP contribution in [-0.4, -0.2) is 30.8 Å². The molecule has 4 heteroatoms. The molecule has 0 aromatic heterocycles. The molecule has 0 radical (unpaired) electrons. The molecule has 0 aliphatic rings. The summed E-state index contributed by atoms with van der Waals surface area (Å²) in [5.41, 5.74) is 1.82. The number of carbonyl (C=O) groups is 1. The summed E-state index contributed by atoms with van der Waals surface area (Å²) in [5, 5.41) is 11.6. The van der Waals surface area contributed by atoms with Crippen LogP contribution in [0.5, 0.6) is 5.75 Å². The lowest BCUT2D eigenvalue weighted by atomic mass is 10.1. The van der Waals surface area contributed by atoms with E-state index in [9.17, 15) is 4.79 Å². The third kappa shape index (κ3) is 5.14. The molecule has 1 aromatic carbocycles. The number of methoxy groups -OCH3 is 1. The van der Waals surface area contributed by atoms with Crippen LogP contribution in [0.1, 0.15) is 25.8 Å². The van der Waals surface area contributed by atoms with E-state index in [1.54, 1.807) is 13.2 Å². The number of aliphatic hydroxyl groups is 1. The van der Waals surface area contributed by atoms with E-state index >= 15 is 0 Å². The third-order valence-electron chi connectivity index (χ3n) is 2.82. The normalized spacial score (nSPS) is 12.9. The monoisotopic (exact) mass is 263 g/mol. The zero-order chi connectivity index (χ0) is 14.3. The number of rotatable bonds is 6. The number of hydrogen-bond donors (Lipinski definition) is 2. The van der Waals surface area contributed by atoms with Crippen LogP contribution in [0.4, 0.5) is 0 Å². The molecule has 1 amide bonds. The number of ether oxygens (including phenoxy) is 1. The largest absolute Gasteiger partial charge is 0.497 e. The minimum atomic E-state index is -0.152. The smallest absolute Gasteiger partial charge is 0.244 e. The predicted molar refractivity (Wildman–Crippen MR) is 76.0 cm³/mol. The fraction of sp³-hybridized carbons (Fsp3) is 0.400. The van der Waals surface area contributed by atoms with Crippen molar-refractivity contribution >= 4 is 11.5 Å². The average Bonchev–Trinajstić information content (AvgIpc) is 2.38. The van der Waals surface area contributed by atoms with Crippen molar-refractivity contribution in [2.45, 2.75) is 26.3 Å². The van der Waals surface area contributed by atoms with Crippen LogP contribution in [0.2, 0.25) is 0 Å². The summed E-state index contributed by atoms with van der Waals surface area (Å²) in [7, 11) is 1.61. The number of aliphatic hydroxyl groups excluding tert-OH is 1. The van der Waals surface area contributed by atoms with Crippen LogP contribution in [0.3, 0.4) is 0 Å². The topological polar surface area (TPSA) is 58.6 Å². The Morgan fingerprint density at radius 3 is 2.89 bits per heavy atom. The maximum absolute atomic E-state index is 11.8. The lowest BCUT2D eigenvalue weighted by molar-refractivity contribution is -0.117. The second kappa shape index (κ2) is 7.59. The first-order chi connectivity index (χ1) is 9.06. The van der Waals surface area contributed by atoms with E-state index in [0.717, 1.165) is 16.9 Å². The first-order valence-corrected chi connectivity index (χ1v) is 6.31. The molecule has 0 heterocycles. The number of nitrogens with one attached hydrogen (secondary N) is 1. The van der Waals surface area contributed by atoms with E-state index in [-0.39, 0.29) is 18.6 Å². The zero-order valence-electron chi connectivity index (χ0n) is 11.6. The molecule has 0 fully saturated rings. The summed E-state index contributed by atoms with van der Waals surface area (Å²) >= 11 is 0. The summed E-state index contributed by atoms with van der Waals surface area (Å²) in [6, 6.07) is 7.53. The van der Waals surface area contributed by atoms with E-state index in [2.05, 4.69) is 5.32 Å². The van der Waals surface area contributed by atoms with Crippen LogP contribution in [0, 0.1) is 0 Å². The summed E-state index contributed by atoms with van der Waals surface area (Å²) in [6.07, 6.45) is 2.11. The summed E-state index contributed by atoms with van der Waals surface area (Å²) in [4.78, 5) is 11.8. The molecule has 0 unspecified atom stereocenters. The van der Waals surface area contributed by atoms with Gasteiger partial charge in [-0.2, -0.15) is 0 Å². The van der Waals surface area contributed by atoms with Crippen molar-refractivity contribution in [3.05, 3.63) is 35.9 Å². The second-order valence-corrected chi connectivity index (χ2v) is 4.48. The molecule has 19 heavy (non-hydrogen) atoms. The Kier molecular flexibility index (Phi) is 6.09. The van der Waals surface area contributed by atoms with Gasteiger partial charge >= 0.3 is 0 Å². The molecule has 2 N–H and O–H groups in total. The average molecular weight is 263 g/mol. The van der Waals surface area contributed by atoms with Gasteiger partial charge in [0.25, 0.3) is 0 Å². The SMILES string of the molecule is COc1cccc(/C(C)=C/C(=O)N[C@H](C)CCO)c1. The molecule has 0 saturated carbocycles. The molecule has 0 aliphatic carbocycles. The van der Waals surface area contributed by atoms with Crippen molar-refractivity contribution in [2.75, 3.05) is 13.7 Å². The van der Waals surface area contributed by atoms with Gasteiger partial charge in [-0.3, -0.25) is 4.79 Å². The van der Waals surface area contributed by atoms with E-state index in [1.165, 1.54) is 0 Å². The van der Waals surface area contributed by atoms with E-state index in [1.807, 2.05) is 38.1 Å². The van der Waals surface area contributed by atoms with Gasteiger partial charge in [-0.25, -0.2) is 0 Å². The van der Waals surface area contributed by atoms with E-state index in [0.29, 0.717) is 6.42 Å². The van der Waals surface area contributed by atoms with Crippen molar-refractivity contribution in [3.8, 4) is 5.75 Å². The molecule has 0 aliphatic heterocycles. The Hall–Kier alpha value is -1.81. The van der Waals surface area contributed by atoms with Crippen molar-refractivity contribution < 1.29 is 14.6 Å². The molecule has 4 nitrogen and oxygen atoms in total. The highest BCUT2D eigenvalue weighted by Gasteiger charge is 2.05. The molecule has 1 aromatic rings. The van der Waals surface area contributed by atoms with Crippen LogP contribution < -0.4 is 10.1 Å². The standard InChI is InChI=1S/C15H21NO3/c1-11(9-15(18)16-12(2)7-8-17)13-5-4-6-14(10-13)19-3/h4-6,9-10,12,17H,7-8H2,1-3H3,(H,16,18)/b11-9+/t12-/m1/s1. The molecular weight excluding hydrogens is 242 g/mol. The minimum Gasteiger partial charge on any atom is -0.497 e. The Labute approximate surface area is 114 Å². The van der Waals surface area contributed by atoms with Crippen LogP contribution >= 0.6 is 0 Å². The van der Waals surface area contributed by atoms with Crippen molar-refractivity contribution in [3.63, 3.8) is 0 Å². The highest BCUT2D eigenvalue weighted by Crippen LogP contribution is 2.19. The summed E-state index contributed by atoms with van der Waals surface area (Å²) in [6.45, 7) is 3.81. The fourth-order valence-corrected chi connectivity index (χ4v) is 1.70. The molecule has 0 bridgehead atoms. The minimum absolute atomic E-state index is 0.0353. The van der Waals surface area contributed by atoms with Crippen LogP contribution in [0.25, 0.3) is 5.57 Å². The van der Waals surface area contributed by atoms with Crippen molar-refractivity contribution in [1.29, 1.82) is 0 Å². The van der Waals surface area contributed by atoms with Crippen molar-refractivity contribution in [2.24, 2.45) is 0 Å². The maximum Gasteiger partial charge on any atom is 0.244 e. The van der Waals surface area contributed by atoms with Crippen molar-refractivity contribution in [1.82, 2.24) is 5.32 Å². The second-order valence-electron chi connectivity index (χ2n) is 4.48. The lowest BCUT2D eigenvalue weighted by Crippen LogP contribution is -2.31. The van der Waals surface area contributed by atoms with Crippen LogP contribution in [0.15, 0.2) is 30.3 Å². The molecule has 1 rings (SSSR count). The molecule has 0 spiro atoms. The Morgan fingerprint density at radius 1 is 1.53 bits per heavy atom. The highest BCUT2D eigenvalue weighted by molar-refractivity contribution is 5.95. The Bertz CT molecular complexity index is 454. The Balaban J connectivity index is 2.72. The van der Waals surface area contributed by atoms with Gasteiger partial charge in [-0.05, 0) is 43.5 Å². The fourth-order valence-electron chi connectivity index (χ4n) is 1.70. The van der Waals surface area contributed by atoms with Gasteiger partial charge in [0, 0.05) is 18.7 Å². The quantitative estimate of drug-likeness (QED) is 0.772. The Morgan fingerprint density at radius 2 is 2.26 bits per heavy atom. The van der Waals surface area contributed by atoms with Gasteiger partial charge in [0.2, 0.25) is 5.91 Å². The highest BCUT2D eigenvalue weighted by atomic mass is 16.5. The maximum atomic E-state index is 11.8. The number of carbonyl (C=O) groups excluding carboxylic acids is 1. The first kappa shape index (κ1) is 15.2.